The molecule has 1 N–H and O–H groups in total. The van der Waals surface area contributed by atoms with Gasteiger partial charge in [0.25, 0.3) is 0 Å². The predicted octanol–water partition coefficient (Wildman–Crippen LogP) is 2.92. The maximum atomic E-state index is 5.80. The number of hydrogen-bond donors (Lipinski definition) is 1. The van der Waals surface area contributed by atoms with Gasteiger partial charge in [-0.05, 0) is 49.4 Å². The number of methoxy groups -OCH3 is 1. The summed E-state index contributed by atoms with van der Waals surface area (Å²) in [5, 5.41) is 3.64. The van der Waals surface area contributed by atoms with Gasteiger partial charge in [-0.25, -0.2) is 0 Å². The fraction of sp³-hybridized carbons (Fsp3) is 0.647. The molecule has 3 rings (SSSR count). The van der Waals surface area contributed by atoms with Crippen molar-refractivity contribution in [1.29, 1.82) is 0 Å². The smallest absolute Gasteiger partial charge is 0.161 e. The van der Waals surface area contributed by atoms with Gasteiger partial charge >= 0.3 is 0 Å². The highest BCUT2D eigenvalue weighted by Crippen LogP contribution is 2.41. The Morgan fingerprint density at radius 2 is 2.00 bits per heavy atom. The van der Waals surface area contributed by atoms with E-state index in [0.29, 0.717) is 19.1 Å². The molecule has 1 aliphatic heterocycles. The number of rotatable bonds is 7. The lowest BCUT2D eigenvalue weighted by Gasteiger charge is -2.29. The maximum Gasteiger partial charge on any atom is 0.161 e. The van der Waals surface area contributed by atoms with Gasteiger partial charge in [0.1, 0.15) is 13.2 Å². The number of fused-ring (bicyclic) bond motifs is 1. The summed E-state index contributed by atoms with van der Waals surface area (Å²) in [6.45, 7) is 4.44. The summed E-state index contributed by atoms with van der Waals surface area (Å²) >= 11 is 0. The fourth-order valence-corrected chi connectivity index (χ4v) is 3.00. The van der Waals surface area contributed by atoms with E-state index in [4.69, 9.17) is 14.2 Å². The Balaban J connectivity index is 1.84. The average molecular weight is 291 g/mol. The SMILES string of the molecule is CCCNC(c1ccc2c(c1)OCCO2)C(OC)C1CC1. The van der Waals surface area contributed by atoms with Gasteiger partial charge in [-0.3, -0.25) is 0 Å². The van der Waals surface area contributed by atoms with E-state index in [9.17, 15) is 0 Å². The minimum absolute atomic E-state index is 0.221. The van der Waals surface area contributed by atoms with E-state index >= 15 is 0 Å². The molecule has 0 amide bonds. The van der Waals surface area contributed by atoms with Crippen molar-refractivity contribution in [3.05, 3.63) is 23.8 Å². The van der Waals surface area contributed by atoms with Crippen LogP contribution < -0.4 is 14.8 Å². The number of hydrogen-bond acceptors (Lipinski definition) is 4. The summed E-state index contributed by atoms with van der Waals surface area (Å²) in [5.74, 6) is 2.38. The topological polar surface area (TPSA) is 39.7 Å². The van der Waals surface area contributed by atoms with Crippen LogP contribution in [-0.4, -0.2) is 33.0 Å². The van der Waals surface area contributed by atoms with Crippen molar-refractivity contribution in [2.75, 3.05) is 26.9 Å². The third kappa shape index (κ3) is 3.33. The molecule has 0 radical (unpaired) electrons. The molecule has 0 bridgehead atoms. The van der Waals surface area contributed by atoms with Crippen LogP contribution in [-0.2, 0) is 4.74 Å². The molecule has 1 saturated carbocycles. The van der Waals surface area contributed by atoms with Crippen LogP contribution in [0.2, 0.25) is 0 Å². The monoisotopic (exact) mass is 291 g/mol. The van der Waals surface area contributed by atoms with Gasteiger partial charge in [-0.1, -0.05) is 13.0 Å². The fourth-order valence-electron chi connectivity index (χ4n) is 3.00. The molecule has 1 aromatic carbocycles. The standard InChI is InChI=1S/C17H25NO3/c1-3-8-18-16(17(19-2)12-4-5-12)13-6-7-14-15(11-13)21-10-9-20-14/h6-7,11-12,16-18H,3-5,8-10H2,1-2H3. The quantitative estimate of drug-likeness (QED) is 0.838. The first-order valence-electron chi connectivity index (χ1n) is 7.99. The zero-order valence-electron chi connectivity index (χ0n) is 12.9. The minimum atomic E-state index is 0.221. The van der Waals surface area contributed by atoms with E-state index in [1.54, 1.807) is 0 Å². The zero-order chi connectivity index (χ0) is 14.7. The molecule has 2 atom stereocenters. The van der Waals surface area contributed by atoms with Gasteiger partial charge in [0, 0.05) is 7.11 Å². The molecule has 2 aliphatic rings. The lowest BCUT2D eigenvalue weighted by Crippen LogP contribution is -2.35. The number of nitrogens with one attached hydrogen (secondary N) is 1. The van der Waals surface area contributed by atoms with Gasteiger partial charge in [-0.15, -0.1) is 0 Å². The van der Waals surface area contributed by atoms with Crippen molar-refractivity contribution in [1.82, 2.24) is 5.32 Å². The molecule has 1 fully saturated rings. The van der Waals surface area contributed by atoms with Gasteiger partial charge in [0.15, 0.2) is 11.5 Å². The Kier molecular flexibility index (Phi) is 4.66. The highest BCUT2D eigenvalue weighted by atomic mass is 16.6. The molecule has 1 aliphatic carbocycles. The molecule has 2 unspecified atom stereocenters. The summed E-state index contributed by atoms with van der Waals surface area (Å²) < 4.78 is 17.1. The van der Waals surface area contributed by atoms with Crippen LogP contribution in [0.25, 0.3) is 0 Å². The molecule has 1 heterocycles. The molecular weight excluding hydrogens is 266 g/mol. The predicted molar refractivity (Wildman–Crippen MR) is 82.0 cm³/mol. The summed E-state index contributed by atoms with van der Waals surface area (Å²) in [4.78, 5) is 0. The molecule has 21 heavy (non-hydrogen) atoms. The van der Waals surface area contributed by atoms with Gasteiger partial charge in [0.2, 0.25) is 0 Å². The molecule has 1 aromatic rings. The minimum Gasteiger partial charge on any atom is -0.486 e. The average Bonchev–Trinajstić information content (AvgIpc) is 3.35. The third-order valence-corrected chi connectivity index (χ3v) is 4.23. The first kappa shape index (κ1) is 14.7. The maximum absolute atomic E-state index is 5.80. The second-order valence-electron chi connectivity index (χ2n) is 5.87. The van der Waals surface area contributed by atoms with Crippen LogP contribution in [0, 0.1) is 5.92 Å². The highest BCUT2D eigenvalue weighted by Gasteiger charge is 2.37. The van der Waals surface area contributed by atoms with Crippen LogP contribution in [0.5, 0.6) is 11.5 Å². The lowest BCUT2D eigenvalue weighted by molar-refractivity contribution is 0.0505. The Morgan fingerprint density at radius 3 is 2.67 bits per heavy atom. The Morgan fingerprint density at radius 1 is 1.24 bits per heavy atom. The first-order chi connectivity index (χ1) is 10.3. The van der Waals surface area contributed by atoms with Crippen LogP contribution in [0.3, 0.4) is 0 Å². The van der Waals surface area contributed by atoms with Gasteiger partial charge < -0.3 is 19.5 Å². The lowest BCUT2D eigenvalue weighted by atomic mass is 9.97. The van der Waals surface area contributed by atoms with Crippen LogP contribution in [0.1, 0.15) is 37.8 Å². The van der Waals surface area contributed by atoms with Crippen molar-refractivity contribution in [3.63, 3.8) is 0 Å². The molecule has 116 valence electrons. The highest BCUT2D eigenvalue weighted by molar-refractivity contribution is 5.45. The molecular formula is C17H25NO3. The van der Waals surface area contributed by atoms with E-state index in [1.807, 2.05) is 13.2 Å². The van der Waals surface area contributed by atoms with Crippen LogP contribution >= 0.6 is 0 Å². The Bertz CT molecular complexity index is 473. The second-order valence-corrected chi connectivity index (χ2v) is 5.87. The second kappa shape index (κ2) is 6.67. The molecule has 0 saturated heterocycles. The largest absolute Gasteiger partial charge is 0.486 e. The molecule has 4 nitrogen and oxygen atoms in total. The van der Waals surface area contributed by atoms with E-state index in [1.165, 1.54) is 18.4 Å². The Hall–Kier alpha value is -1.26. The van der Waals surface area contributed by atoms with Crippen molar-refractivity contribution in [3.8, 4) is 11.5 Å². The first-order valence-corrected chi connectivity index (χ1v) is 7.99. The summed E-state index contributed by atoms with van der Waals surface area (Å²) in [6, 6.07) is 6.48. The summed E-state index contributed by atoms with van der Waals surface area (Å²) in [5.41, 5.74) is 1.23. The van der Waals surface area contributed by atoms with Crippen molar-refractivity contribution >= 4 is 0 Å². The van der Waals surface area contributed by atoms with Crippen molar-refractivity contribution in [2.24, 2.45) is 5.92 Å². The number of ether oxygens (including phenoxy) is 3. The van der Waals surface area contributed by atoms with Crippen LogP contribution in [0.4, 0.5) is 0 Å². The van der Waals surface area contributed by atoms with Gasteiger partial charge in [-0.2, -0.15) is 0 Å². The van der Waals surface area contributed by atoms with E-state index in [-0.39, 0.29) is 12.1 Å². The summed E-state index contributed by atoms with van der Waals surface area (Å²) in [6.07, 6.45) is 3.89. The molecule has 0 spiro atoms. The van der Waals surface area contributed by atoms with Gasteiger partial charge in [0.05, 0.1) is 12.1 Å². The van der Waals surface area contributed by atoms with E-state index < -0.39 is 0 Å². The van der Waals surface area contributed by atoms with Crippen LogP contribution in [0.15, 0.2) is 18.2 Å². The molecule has 0 aromatic heterocycles. The zero-order valence-corrected chi connectivity index (χ0v) is 12.9. The number of benzene rings is 1. The Labute approximate surface area is 126 Å². The van der Waals surface area contributed by atoms with E-state index in [0.717, 1.165) is 24.5 Å². The normalized spacial score (nSPS) is 20.1. The van der Waals surface area contributed by atoms with E-state index in [2.05, 4.69) is 24.4 Å². The molecule has 4 heteroatoms. The summed E-state index contributed by atoms with van der Waals surface area (Å²) in [7, 11) is 1.82. The van der Waals surface area contributed by atoms with Crippen molar-refractivity contribution in [2.45, 2.75) is 38.3 Å². The van der Waals surface area contributed by atoms with Crippen molar-refractivity contribution < 1.29 is 14.2 Å². The third-order valence-electron chi connectivity index (χ3n) is 4.23.